The highest BCUT2D eigenvalue weighted by molar-refractivity contribution is 5.84. The number of benzene rings is 1. The SMILES string of the molecule is CNC(=O)N(CCC1CCC(C(=O)NC2CCCCC2c2ccccc2)N1)CC(C=O)NC(=O)C(C)NC. The van der Waals surface area contributed by atoms with E-state index in [0.717, 1.165) is 32.1 Å². The van der Waals surface area contributed by atoms with Crippen molar-refractivity contribution in [2.45, 2.75) is 88.0 Å². The topological polar surface area (TPSA) is 132 Å². The molecule has 1 aromatic rings. The molecular formula is C28H44N6O4. The average Bonchev–Trinajstić information content (AvgIpc) is 3.43. The van der Waals surface area contributed by atoms with Crippen molar-refractivity contribution < 1.29 is 19.2 Å². The van der Waals surface area contributed by atoms with Crippen LogP contribution in [-0.2, 0) is 14.4 Å². The summed E-state index contributed by atoms with van der Waals surface area (Å²) in [6.45, 7) is 2.17. The van der Waals surface area contributed by atoms with Gasteiger partial charge in [0.1, 0.15) is 12.3 Å². The minimum absolute atomic E-state index is 0.0471. The van der Waals surface area contributed by atoms with Gasteiger partial charge in [0.25, 0.3) is 0 Å². The van der Waals surface area contributed by atoms with E-state index in [9.17, 15) is 19.2 Å². The second-order valence-corrected chi connectivity index (χ2v) is 10.5. The lowest BCUT2D eigenvalue weighted by Crippen LogP contribution is -2.53. The molecule has 0 aromatic heterocycles. The van der Waals surface area contributed by atoms with Crippen molar-refractivity contribution in [2.75, 3.05) is 27.2 Å². The van der Waals surface area contributed by atoms with Crippen LogP contribution in [0.15, 0.2) is 30.3 Å². The van der Waals surface area contributed by atoms with Crippen LogP contribution >= 0.6 is 0 Å². The van der Waals surface area contributed by atoms with Gasteiger partial charge in [0.05, 0.1) is 12.1 Å². The number of nitrogens with zero attached hydrogens (tertiary/aromatic N) is 1. The van der Waals surface area contributed by atoms with E-state index in [1.165, 1.54) is 23.9 Å². The van der Waals surface area contributed by atoms with Gasteiger partial charge in [-0.25, -0.2) is 4.79 Å². The molecule has 1 aromatic carbocycles. The summed E-state index contributed by atoms with van der Waals surface area (Å²) in [5, 5.41) is 14.9. The summed E-state index contributed by atoms with van der Waals surface area (Å²) >= 11 is 0. The molecule has 0 bridgehead atoms. The Morgan fingerprint density at radius 1 is 1.08 bits per heavy atom. The molecule has 0 spiro atoms. The predicted molar refractivity (Wildman–Crippen MR) is 147 cm³/mol. The summed E-state index contributed by atoms with van der Waals surface area (Å²) in [5.41, 5.74) is 1.29. The van der Waals surface area contributed by atoms with Gasteiger partial charge < -0.3 is 36.3 Å². The van der Waals surface area contributed by atoms with Gasteiger partial charge >= 0.3 is 6.03 Å². The number of aldehydes is 1. The first kappa shape index (κ1) is 29.6. The van der Waals surface area contributed by atoms with Crippen molar-refractivity contribution in [3.63, 3.8) is 0 Å². The fourth-order valence-corrected chi connectivity index (χ4v) is 5.48. The molecule has 6 atom stereocenters. The zero-order valence-electron chi connectivity index (χ0n) is 22.9. The molecule has 1 saturated carbocycles. The lowest BCUT2D eigenvalue weighted by molar-refractivity contribution is -0.125. The molecule has 2 fully saturated rings. The van der Waals surface area contributed by atoms with E-state index in [-0.39, 0.29) is 42.5 Å². The zero-order valence-corrected chi connectivity index (χ0v) is 22.9. The van der Waals surface area contributed by atoms with Crippen LogP contribution in [0.3, 0.4) is 0 Å². The lowest BCUT2D eigenvalue weighted by atomic mass is 9.80. The monoisotopic (exact) mass is 528 g/mol. The van der Waals surface area contributed by atoms with Crippen molar-refractivity contribution in [1.29, 1.82) is 0 Å². The second kappa shape index (κ2) is 14.8. The molecule has 1 aliphatic carbocycles. The third-order valence-corrected chi connectivity index (χ3v) is 7.86. The van der Waals surface area contributed by atoms with Crippen LogP contribution in [0.4, 0.5) is 4.79 Å². The number of rotatable bonds is 12. The van der Waals surface area contributed by atoms with Crippen molar-refractivity contribution in [1.82, 2.24) is 31.5 Å². The standard InChI is InChI=1S/C28H44N6O4/c1-19(29-2)26(36)32-22(18-35)17-34(28(38)30-3)16-15-21-13-14-25(31-21)27(37)33-24-12-8-7-11-23(24)20-9-5-4-6-10-20/h4-6,9-10,18-19,21-25,29,31H,7-8,11-17H2,1-3H3,(H,30,38)(H,32,36)(H,33,37). The minimum Gasteiger partial charge on any atom is -0.351 e. The van der Waals surface area contributed by atoms with E-state index >= 15 is 0 Å². The number of hydrogen-bond donors (Lipinski definition) is 5. The van der Waals surface area contributed by atoms with Crippen LogP contribution in [0.25, 0.3) is 0 Å². The Kier molecular flexibility index (Phi) is 11.5. The third-order valence-electron chi connectivity index (χ3n) is 7.86. The Bertz CT molecular complexity index is 929. The molecule has 2 aliphatic rings. The molecule has 10 heteroatoms. The van der Waals surface area contributed by atoms with E-state index in [4.69, 9.17) is 0 Å². The van der Waals surface area contributed by atoms with Crippen LogP contribution in [0, 0.1) is 0 Å². The molecule has 0 radical (unpaired) electrons. The predicted octanol–water partition coefficient (Wildman–Crippen LogP) is 1.27. The Morgan fingerprint density at radius 2 is 1.82 bits per heavy atom. The van der Waals surface area contributed by atoms with Crippen LogP contribution in [0.5, 0.6) is 0 Å². The third kappa shape index (κ3) is 8.26. The summed E-state index contributed by atoms with van der Waals surface area (Å²) in [6.07, 6.45) is 7.25. The van der Waals surface area contributed by atoms with Gasteiger partial charge in [0, 0.05) is 38.1 Å². The summed E-state index contributed by atoms with van der Waals surface area (Å²) < 4.78 is 0. The fraction of sp³-hybridized carbons (Fsp3) is 0.643. The Hall–Kier alpha value is -2.98. The van der Waals surface area contributed by atoms with Crippen molar-refractivity contribution in [3.05, 3.63) is 35.9 Å². The van der Waals surface area contributed by atoms with E-state index in [1.54, 1.807) is 14.0 Å². The fourth-order valence-electron chi connectivity index (χ4n) is 5.48. The van der Waals surface area contributed by atoms with Crippen LogP contribution in [0.1, 0.15) is 63.4 Å². The summed E-state index contributed by atoms with van der Waals surface area (Å²) in [4.78, 5) is 50.9. The number of amides is 4. The number of hydrogen-bond acceptors (Lipinski definition) is 6. The minimum atomic E-state index is -0.807. The van der Waals surface area contributed by atoms with Gasteiger partial charge in [-0.2, -0.15) is 0 Å². The lowest BCUT2D eigenvalue weighted by Gasteiger charge is -2.33. The molecular weight excluding hydrogens is 484 g/mol. The number of likely N-dealkylation sites (N-methyl/N-ethyl adjacent to an activating group) is 1. The number of urea groups is 1. The van der Waals surface area contributed by atoms with Crippen LogP contribution in [-0.4, -0.2) is 86.4 Å². The maximum Gasteiger partial charge on any atom is 0.317 e. The van der Waals surface area contributed by atoms with Crippen molar-refractivity contribution >= 4 is 24.1 Å². The van der Waals surface area contributed by atoms with Gasteiger partial charge in [-0.15, -0.1) is 0 Å². The van der Waals surface area contributed by atoms with Gasteiger partial charge in [-0.3, -0.25) is 9.59 Å². The Labute approximate surface area is 226 Å². The summed E-state index contributed by atoms with van der Waals surface area (Å²) in [5.74, 6) is 0.0840. The highest BCUT2D eigenvalue weighted by Crippen LogP contribution is 2.33. The molecule has 1 aliphatic heterocycles. The first-order valence-electron chi connectivity index (χ1n) is 13.9. The van der Waals surface area contributed by atoms with Gasteiger partial charge in [0.15, 0.2) is 0 Å². The maximum absolute atomic E-state index is 13.2. The Balaban J connectivity index is 1.51. The normalized spacial score (nSPS) is 24.6. The largest absolute Gasteiger partial charge is 0.351 e. The molecule has 1 heterocycles. The van der Waals surface area contributed by atoms with Gasteiger partial charge in [0.2, 0.25) is 11.8 Å². The molecule has 1 saturated heterocycles. The van der Waals surface area contributed by atoms with Gasteiger partial charge in [-0.1, -0.05) is 43.2 Å². The number of carbonyl (C=O) groups is 4. The highest BCUT2D eigenvalue weighted by Gasteiger charge is 2.34. The van der Waals surface area contributed by atoms with Crippen LogP contribution in [0.2, 0.25) is 0 Å². The summed E-state index contributed by atoms with van der Waals surface area (Å²) in [6, 6.07) is 8.84. The average molecular weight is 529 g/mol. The zero-order chi connectivity index (χ0) is 27.5. The molecule has 38 heavy (non-hydrogen) atoms. The van der Waals surface area contributed by atoms with E-state index in [0.29, 0.717) is 25.2 Å². The van der Waals surface area contributed by atoms with E-state index in [2.05, 4.69) is 50.8 Å². The van der Waals surface area contributed by atoms with E-state index < -0.39 is 12.1 Å². The first-order chi connectivity index (χ1) is 18.4. The highest BCUT2D eigenvalue weighted by atomic mass is 16.2. The maximum atomic E-state index is 13.2. The molecule has 10 nitrogen and oxygen atoms in total. The van der Waals surface area contributed by atoms with E-state index in [1.807, 2.05) is 6.07 Å². The Morgan fingerprint density at radius 3 is 2.50 bits per heavy atom. The van der Waals surface area contributed by atoms with Crippen molar-refractivity contribution in [3.8, 4) is 0 Å². The summed E-state index contributed by atoms with van der Waals surface area (Å²) in [7, 11) is 3.20. The first-order valence-corrected chi connectivity index (χ1v) is 13.9. The number of nitrogens with one attached hydrogen (secondary N) is 5. The number of carbonyl (C=O) groups excluding carboxylic acids is 4. The smallest absolute Gasteiger partial charge is 0.317 e. The van der Waals surface area contributed by atoms with Crippen molar-refractivity contribution in [2.24, 2.45) is 0 Å². The molecule has 4 amide bonds. The van der Waals surface area contributed by atoms with Gasteiger partial charge in [-0.05, 0) is 51.6 Å². The second-order valence-electron chi connectivity index (χ2n) is 10.5. The molecule has 3 rings (SSSR count). The molecule has 5 N–H and O–H groups in total. The van der Waals surface area contributed by atoms with Crippen LogP contribution < -0.4 is 26.6 Å². The molecule has 210 valence electrons. The molecule has 6 unspecified atom stereocenters. The quantitative estimate of drug-likeness (QED) is 0.260.